The fourth-order valence-corrected chi connectivity index (χ4v) is 5.58. The Bertz CT molecular complexity index is 1280. The highest BCUT2D eigenvalue weighted by molar-refractivity contribution is 7.90. The molecule has 2 aliphatic rings. The van der Waals surface area contributed by atoms with Crippen LogP contribution in [0.25, 0.3) is 16.5 Å². The van der Waals surface area contributed by atoms with Crippen LogP contribution in [-0.2, 0) is 14.8 Å². The maximum absolute atomic E-state index is 14.1. The van der Waals surface area contributed by atoms with Gasteiger partial charge in [-0.3, -0.25) is 0 Å². The van der Waals surface area contributed by atoms with Crippen LogP contribution in [0.2, 0.25) is 0 Å². The molecule has 1 fully saturated rings. The largest absolute Gasteiger partial charge is 0.378 e. The molecule has 7 nitrogen and oxygen atoms in total. The molecule has 0 spiro atoms. The summed E-state index contributed by atoms with van der Waals surface area (Å²) in [4.78, 5) is 8.74. The van der Waals surface area contributed by atoms with Crippen LogP contribution in [0, 0.1) is 5.82 Å². The number of rotatable bonds is 4. The van der Waals surface area contributed by atoms with Crippen LogP contribution in [0.4, 0.5) is 10.2 Å². The third-order valence-electron chi connectivity index (χ3n) is 6.10. The molecule has 0 radical (unpaired) electrons. The molecule has 0 aliphatic carbocycles. The second-order valence-corrected chi connectivity index (χ2v) is 10.0. The molecular formula is C23H25FN4O3S. The molecule has 168 valence electrons. The van der Waals surface area contributed by atoms with Crippen molar-refractivity contribution >= 4 is 32.3 Å². The third kappa shape index (κ3) is 3.80. The standard InChI is InChI=1S/C23H25FN4O3S/c1-26-8-6-17(7-9-26)21-16-28(22-4-2-18(24)14-20(21)22)32(29,30)19-3-5-23(25-15-19)27-10-12-31-13-11-27/h2-6,14-16H,7-13H2,1H3. The van der Waals surface area contributed by atoms with E-state index in [-0.39, 0.29) is 10.7 Å². The Morgan fingerprint density at radius 1 is 1.09 bits per heavy atom. The minimum absolute atomic E-state index is 0.0969. The quantitative estimate of drug-likeness (QED) is 0.601. The van der Waals surface area contributed by atoms with Crippen molar-refractivity contribution < 1.29 is 17.5 Å². The van der Waals surface area contributed by atoms with E-state index in [1.165, 1.54) is 28.4 Å². The van der Waals surface area contributed by atoms with Crippen molar-refractivity contribution in [2.24, 2.45) is 0 Å². The first-order chi connectivity index (χ1) is 15.4. The number of ether oxygens (including phenoxy) is 1. The Morgan fingerprint density at radius 2 is 1.91 bits per heavy atom. The van der Waals surface area contributed by atoms with Gasteiger partial charge in [0.05, 0.1) is 18.7 Å². The molecule has 0 saturated carbocycles. The molecule has 1 aromatic carbocycles. The van der Waals surface area contributed by atoms with Crippen molar-refractivity contribution in [1.82, 2.24) is 13.9 Å². The second kappa shape index (κ2) is 8.31. The predicted octanol–water partition coefficient (Wildman–Crippen LogP) is 2.97. The van der Waals surface area contributed by atoms with Gasteiger partial charge in [0.2, 0.25) is 0 Å². The maximum atomic E-state index is 14.1. The van der Waals surface area contributed by atoms with Crippen LogP contribution in [0.5, 0.6) is 0 Å². The van der Waals surface area contributed by atoms with Gasteiger partial charge in [-0.05, 0) is 49.4 Å². The number of fused-ring (bicyclic) bond motifs is 1. The lowest BCUT2D eigenvalue weighted by Crippen LogP contribution is -2.36. The second-order valence-electron chi connectivity index (χ2n) is 8.20. The number of anilines is 1. The van der Waals surface area contributed by atoms with Crippen molar-refractivity contribution in [2.75, 3.05) is 51.3 Å². The smallest absolute Gasteiger partial charge is 0.269 e. The van der Waals surface area contributed by atoms with Crippen molar-refractivity contribution in [1.29, 1.82) is 0 Å². The highest BCUT2D eigenvalue weighted by Crippen LogP contribution is 2.33. The van der Waals surface area contributed by atoms with E-state index in [2.05, 4.69) is 20.9 Å². The van der Waals surface area contributed by atoms with E-state index >= 15 is 0 Å². The number of halogens is 1. The summed E-state index contributed by atoms with van der Waals surface area (Å²) in [6.45, 7) is 4.34. The van der Waals surface area contributed by atoms with Gasteiger partial charge in [-0.2, -0.15) is 0 Å². The monoisotopic (exact) mass is 456 g/mol. The Labute approximate surface area is 186 Å². The number of hydrogen-bond acceptors (Lipinski definition) is 6. The molecule has 2 aromatic heterocycles. The molecule has 3 aromatic rings. The normalized spacial score (nSPS) is 18.2. The molecule has 2 aliphatic heterocycles. The third-order valence-corrected chi connectivity index (χ3v) is 7.76. The highest BCUT2D eigenvalue weighted by Gasteiger charge is 2.24. The van der Waals surface area contributed by atoms with Crippen LogP contribution >= 0.6 is 0 Å². The van der Waals surface area contributed by atoms with Crippen LogP contribution in [0.1, 0.15) is 12.0 Å². The van der Waals surface area contributed by atoms with Gasteiger partial charge in [0, 0.05) is 49.5 Å². The number of pyridine rings is 1. The zero-order valence-electron chi connectivity index (χ0n) is 17.9. The minimum Gasteiger partial charge on any atom is -0.378 e. The first-order valence-corrected chi connectivity index (χ1v) is 12.1. The van der Waals surface area contributed by atoms with Gasteiger partial charge in [-0.15, -0.1) is 0 Å². The summed E-state index contributed by atoms with van der Waals surface area (Å²) in [5.74, 6) is 0.336. The van der Waals surface area contributed by atoms with Crippen LogP contribution in [0.3, 0.4) is 0 Å². The highest BCUT2D eigenvalue weighted by atomic mass is 32.2. The Balaban J connectivity index is 1.56. The van der Waals surface area contributed by atoms with E-state index in [1.807, 2.05) is 7.05 Å². The summed E-state index contributed by atoms with van der Waals surface area (Å²) in [6, 6.07) is 7.54. The van der Waals surface area contributed by atoms with Crippen LogP contribution < -0.4 is 4.90 Å². The van der Waals surface area contributed by atoms with Crippen molar-refractivity contribution in [3.63, 3.8) is 0 Å². The van der Waals surface area contributed by atoms with E-state index in [4.69, 9.17) is 4.74 Å². The van der Waals surface area contributed by atoms with Gasteiger partial charge in [-0.1, -0.05) is 6.08 Å². The van der Waals surface area contributed by atoms with Crippen molar-refractivity contribution in [2.45, 2.75) is 11.3 Å². The molecule has 4 heterocycles. The van der Waals surface area contributed by atoms with Crippen LogP contribution in [-0.4, -0.2) is 68.7 Å². The topological polar surface area (TPSA) is 67.7 Å². The molecule has 32 heavy (non-hydrogen) atoms. The van der Waals surface area contributed by atoms with Gasteiger partial charge in [0.15, 0.2) is 0 Å². The lowest BCUT2D eigenvalue weighted by atomic mass is 9.99. The summed E-state index contributed by atoms with van der Waals surface area (Å²) in [5.41, 5.74) is 2.25. The Morgan fingerprint density at radius 3 is 2.59 bits per heavy atom. The molecule has 5 rings (SSSR count). The minimum atomic E-state index is -3.90. The van der Waals surface area contributed by atoms with E-state index in [9.17, 15) is 12.8 Å². The number of hydrogen-bond donors (Lipinski definition) is 0. The average molecular weight is 457 g/mol. The van der Waals surface area contributed by atoms with E-state index < -0.39 is 10.0 Å². The average Bonchev–Trinajstić information content (AvgIpc) is 3.20. The first kappa shape index (κ1) is 21.1. The van der Waals surface area contributed by atoms with Crippen molar-refractivity contribution in [3.8, 4) is 0 Å². The number of aromatic nitrogens is 2. The maximum Gasteiger partial charge on any atom is 0.269 e. The summed E-state index contributed by atoms with van der Waals surface area (Å²) in [7, 11) is -1.87. The lowest BCUT2D eigenvalue weighted by molar-refractivity contribution is 0.122. The molecule has 0 N–H and O–H groups in total. The van der Waals surface area contributed by atoms with Gasteiger partial charge in [0.1, 0.15) is 16.5 Å². The van der Waals surface area contributed by atoms with Gasteiger partial charge in [-0.25, -0.2) is 21.8 Å². The molecule has 0 bridgehead atoms. The molecule has 0 atom stereocenters. The van der Waals surface area contributed by atoms with Gasteiger partial charge >= 0.3 is 0 Å². The first-order valence-electron chi connectivity index (χ1n) is 10.7. The predicted molar refractivity (Wildman–Crippen MR) is 122 cm³/mol. The van der Waals surface area contributed by atoms with Gasteiger partial charge < -0.3 is 14.5 Å². The van der Waals surface area contributed by atoms with Crippen molar-refractivity contribution in [3.05, 3.63) is 60.2 Å². The lowest BCUT2D eigenvalue weighted by Gasteiger charge is -2.27. The number of morpholine rings is 1. The zero-order chi connectivity index (χ0) is 22.3. The van der Waals surface area contributed by atoms with E-state index in [1.54, 1.807) is 18.3 Å². The summed E-state index contributed by atoms with van der Waals surface area (Å²) < 4.78 is 47.8. The fourth-order valence-electron chi connectivity index (χ4n) is 4.26. The number of benzene rings is 1. The van der Waals surface area contributed by atoms with E-state index in [0.29, 0.717) is 24.1 Å². The van der Waals surface area contributed by atoms with Gasteiger partial charge in [0.25, 0.3) is 10.0 Å². The summed E-state index contributed by atoms with van der Waals surface area (Å²) in [5, 5.41) is 0.599. The molecule has 1 saturated heterocycles. The Hall–Kier alpha value is -2.75. The molecule has 9 heteroatoms. The SMILES string of the molecule is CN1CC=C(c2cn(S(=O)(=O)c3ccc(N4CCOCC4)nc3)c3ccc(F)cc23)CC1. The number of nitrogens with zero attached hydrogens (tertiary/aromatic N) is 4. The Kier molecular flexibility index (Phi) is 5.48. The van der Waals surface area contributed by atoms with E-state index in [0.717, 1.165) is 49.6 Å². The van der Waals surface area contributed by atoms with Crippen LogP contribution in [0.15, 0.2) is 53.7 Å². The number of likely N-dealkylation sites (N-methyl/N-ethyl adjacent to an activating group) is 1. The fraction of sp³-hybridized carbons (Fsp3) is 0.348. The molecular weight excluding hydrogens is 431 g/mol. The zero-order valence-corrected chi connectivity index (χ0v) is 18.7. The summed E-state index contributed by atoms with van der Waals surface area (Å²) >= 11 is 0. The molecule has 0 unspecified atom stereocenters. The summed E-state index contributed by atoms with van der Waals surface area (Å²) in [6.07, 6.45) is 5.87. The molecule has 0 amide bonds.